The summed E-state index contributed by atoms with van der Waals surface area (Å²) in [7, 11) is 0. The van der Waals surface area contributed by atoms with Crippen molar-refractivity contribution in [2.24, 2.45) is 0 Å². The maximum Gasteiger partial charge on any atom is 0.337 e. The van der Waals surface area contributed by atoms with E-state index >= 15 is 0 Å². The molecule has 68 valence electrons. The molecular formula is C9H9NO3. The van der Waals surface area contributed by atoms with Gasteiger partial charge in [0.05, 0.1) is 5.56 Å². The van der Waals surface area contributed by atoms with E-state index in [1.165, 1.54) is 25.1 Å². The molecule has 0 unspecified atom stereocenters. The number of hydrogen-bond acceptors (Lipinski definition) is 3. The summed E-state index contributed by atoms with van der Waals surface area (Å²) in [5.41, 5.74) is 5.88. The number of hydrogen-bond donors (Lipinski definition) is 2. The molecule has 0 saturated heterocycles. The van der Waals surface area contributed by atoms with Crippen molar-refractivity contribution in [2.75, 3.05) is 5.73 Å². The molecule has 0 aromatic heterocycles. The molecule has 0 atom stereocenters. The van der Waals surface area contributed by atoms with Crippen LogP contribution in [-0.4, -0.2) is 16.9 Å². The molecule has 0 spiro atoms. The van der Waals surface area contributed by atoms with Crippen molar-refractivity contribution >= 4 is 17.4 Å². The number of aromatic carboxylic acids is 1. The average Bonchev–Trinajstić information content (AvgIpc) is 2.04. The van der Waals surface area contributed by atoms with Crippen LogP contribution in [0.5, 0.6) is 0 Å². The maximum atomic E-state index is 10.9. The summed E-state index contributed by atoms with van der Waals surface area (Å²) in [6, 6.07) is 4.20. The van der Waals surface area contributed by atoms with E-state index in [1.807, 2.05) is 0 Å². The summed E-state index contributed by atoms with van der Waals surface area (Å²) >= 11 is 0. The minimum absolute atomic E-state index is 0.0345. The van der Waals surface area contributed by atoms with Crippen LogP contribution in [0.15, 0.2) is 18.2 Å². The van der Waals surface area contributed by atoms with Gasteiger partial charge < -0.3 is 10.8 Å². The molecule has 0 amide bonds. The molecule has 0 aliphatic carbocycles. The first kappa shape index (κ1) is 9.25. The highest BCUT2D eigenvalue weighted by atomic mass is 16.4. The first-order valence-corrected chi connectivity index (χ1v) is 3.66. The van der Waals surface area contributed by atoms with Crippen LogP contribution in [0.1, 0.15) is 27.6 Å². The molecule has 4 heteroatoms. The SMILES string of the molecule is CC(=O)c1ccc(N)c(C(=O)O)c1. The molecule has 0 radical (unpaired) electrons. The van der Waals surface area contributed by atoms with Gasteiger partial charge in [0.1, 0.15) is 0 Å². The van der Waals surface area contributed by atoms with Crippen LogP contribution >= 0.6 is 0 Å². The Morgan fingerprint density at radius 1 is 1.38 bits per heavy atom. The number of Topliss-reactive ketones (excluding diaryl/α,β-unsaturated/α-hetero) is 1. The van der Waals surface area contributed by atoms with Crippen LogP contribution in [0.4, 0.5) is 5.69 Å². The van der Waals surface area contributed by atoms with E-state index in [-0.39, 0.29) is 17.0 Å². The lowest BCUT2D eigenvalue weighted by Gasteiger charge is -2.01. The monoisotopic (exact) mass is 179 g/mol. The second-order valence-electron chi connectivity index (χ2n) is 2.66. The Morgan fingerprint density at radius 2 is 2.00 bits per heavy atom. The van der Waals surface area contributed by atoms with Crippen LogP contribution < -0.4 is 5.73 Å². The second kappa shape index (κ2) is 3.26. The van der Waals surface area contributed by atoms with E-state index < -0.39 is 5.97 Å². The fourth-order valence-corrected chi connectivity index (χ4v) is 0.960. The van der Waals surface area contributed by atoms with Gasteiger partial charge in [-0.05, 0) is 25.1 Å². The molecule has 0 bridgehead atoms. The first-order chi connectivity index (χ1) is 6.02. The van der Waals surface area contributed by atoms with Crippen molar-refractivity contribution < 1.29 is 14.7 Å². The van der Waals surface area contributed by atoms with E-state index in [2.05, 4.69) is 0 Å². The first-order valence-electron chi connectivity index (χ1n) is 3.66. The van der Waals surface area contributed by atoms with Crippen molar-refractivity contribution in [1.29, 1.82) is 0 Å². The van der Waals surface area contributed by atoms with Gasteiger partial charge in [-0.25, -0.2) is 4.79 Å². The molecular weight excluding hydrogens is 170 g/mol. The van der Waals surface area contributed by atoms with Gasteiger partial charge in [-0.1, -0.05) is 0 Å². The molecule has 3 N–H and O–H groups in total. The number of nitrogen functional groups attached to an aromatic ring is 1. The van der Waals surface area contributed by atoms with Gasteiger partial charge in [0.2, 0.25) is 0 Å². The Hall–Kier alpha value is -1.84. The molecule has 1 aromatic carbocycles. The van der Waals surface area contributed by atoms with E-state index in [1.54, 1.807) is 0 Å². The molecule has 13 heavy (non-hydrogen) atoms. The zero-order valence-electron chi connectivity index (χ0n) is 7.07. The van der Waals surface area contributed by atoms with Crippen LogP contribution in [0.25, 0.3) is 0 Å². The molecule has 0 aliphatic heterocycles. The number of carboxylic acid groups (broad SMARTS) is 1. The quantitative estimate of drug-likeness (QED) is 0.527. The third-order valence-electron chi connectivity index (χ3n) is 1.69. The predicted molar refractivity (Wildman–Crippen MR) is 47.8 cm³/mol. The van der Waals surface area contributed by atoms with E-state index in [0.29, 0.717) is 5.56 Å². The summed E-state index contributed by atoms with van der Waals surface area (Å²) in [5.74, 6) is -1.30. The smallest absolute Gasteiger partial charge is 0.337 e. The number of carbonyl (C=O) groups is 2. The minimum Gasteiger partial charge on any atom is -0.478 e. The van der Waals surface area contributed by atoms with Crippen molar-refractivity contribution in [3.8, 4) is 0 Å². The van der Waals surface area contributed by atoms with Gasteiger partial charge in [0.15, 0.2) is 5.78 Å². The van der Waals surface area contributed by atoms with Crippen molar-refractivity contribution in [1.82, 2.24) is 0 Å². The zero-order valence-corrected chi connectivity index (χ0v) is 7.07. The summed E-state index contributed by atoms with van der Waals surface area (Å²) in [4.78, 5) is 21.5. The third-order valence-corrected chi connectivity index (χ3v) is 1.69. The third kappa shape index (κ3) is 1.84. The number of nitrogens with two attached hydrogens (primary N) is 1. The highest BCUT2D eigenvalue weighted by Gasteiger charge is 2.09. The second-order valence-corrected chi connectivity index (χ2v) is 2.66. The molecule has 0 fully saturated rings. The zero-order chi connectivity index (χ0) is 10.0. The van der Waals surface area contributed by atoms with E-state index in [0.717, 1.165) is 0 Å². The highest BCUT2D eigenvalue weighted by Crippen LogP contribution is 2.14. The van der Waals surface area contributed by atoms with E-state index in [9.17, 15) is 9.59 Å². The number of rotatable bonds is 2. The highest BCUT2D eigenvalue weighted by molar-refractivity contribution is 6.00. The Balaban J connectivity index is 3.27. The number of anilines is 1. The lowest BCUT2D eigenvalue weighted by Crippen LogP contribution is -2.04. The minimum atomic E-state index is -1.12. The lowest BCUT2D eigenvalue weighted by molar-refractivity contribution is 0.0698. The summed E-state index contributed by atoms with van der Waals surface area (Å²) in [6.07, 6.45) is 0. The van der Waals surface area contributed by atoms with Gasteiger partial charge >= 0.3 is 5.97 Å². The fourth-order valence-electron chi connectivity index (χ4n) is 0.960. The Labute approximate surface area is 75.0 Å². The molecule has 1 aromatic rings. The fraction of sp³-hybridized carbons (Fsp3) is 0.111. The van der Waals surface area contributed by atoms with Crippen LogP contribution in [-0.2, 0) is 0 Å². The molecule has 0 saturated carbocycles. The van der Waals surface area contributed by atoms with Crippen molar-refractivity contribution in [2.45, 2.75) is 6.92 Å². The Bertz CT molecular complexity index is 371. The summed E-state index contributed by atoms with van der Waals surface area (Å²) in [6.45, 7) is 1.37. The van der Waals surface area contributed by atoms with Crippen LogP contribution in [0, 0.1) is 0 Å². The van der Waals surface area contributed by atoms with Gasteiger partial charge in [0, 0.05) is 11.3 Å². The van der Waals surface area contributed by atoms with Gasteiger partial charge in [0.25, 0.3) is 0 Å². The normalized spacial score (nSPS) is 9.62. The number of carboxylic acids is 1. The molecule has 4 nitrogen and oxygen atoms in total. The predicted octanol–water partition coefficient (Wildman–Crippen LogP) is 1.17. The van der Waals surface area contributed by atoms with Crippen molar-refractivity contribution in [3.05, 3.63) is 29.3 Å². The summed E-state index contributed by atoms with van der Waals surface area (Å²) in [5, 5.41) is 8.68. The van der Waals surface area contributed by atoms with E-state index in [4.69, 9.17) is 10.8 Å². The van der Waals surface area contributed by atoms with Crippen molar-refractivity contribution in [3.63, 3.8) is 0 Å². The number of ketones is 1. The van der Waals surface area contributed by atoms with Gasteiger partial charge in [-0.3, -0.25) is 4.79 Å². The van der Waals surface area contributed by atoms with Crippen LogP contribution in [0.2, 0.25) is 0 Å². The number of benzene rings is 1. The Morgan fingerprint density at radius 3 is 2.46 bits per heavy atom. The molecule has 1 rings (SSSR count). The Kier molecular flexibility index (Phi) is 2.32. The van der Waals surface area contributed by atoms with Gasteiger partial charge in [-0.15, -0.1) is 0 Å². The largest absolute Gasteiger partial charge is 0.478 e. The van der Waals surface area contributed by atoms with Crippen LogP contribution in [0.3, 0.4) is 0 Å². The molecule has 0 aliphatic rings. The average molecular weight is 179 g/mol. The lowest BCUT2D eigenvalue weighted by atomic mass is 10.1. The summed E-state index contributed by atoms with van der Waals surface area (Å²) < 4.78 is 0. The maximum absolute atomic E-state index is 10.9. The molecule has 0 heterocycles. The number of carbonyl (C=O) groups excluding carboxylic acids is 1. The van der Waals surface area contributed by atoms with Gasteiger partial charge in [-0.2, -0.15) is 0 Å². The standard InChI is InChI=1S/C9H9NO3/c1-5(11)6-2-3-8(10)7(4-6)9(12)13/h2-4H,10H2,1H3,(H,12,13). The topological polar surface area (TPSA) is 80.4 Å².